The van der Waals surface area contributed by atoms with Crippen molar-refractivity contribution >= 4 is 28.7 Å². The number of anilines is 4. The van der Waals surface area contributed by atoms with Crippen molar-refractivity contribution in [2.75, 3.05) is 16.4 Å². The Morgan fingerprint density at radius 3 is 2.95 bits per heavy atom. The third-order valence-corrected chi connectivity index (χ3v) is 3.51. The summed E-state index contributed by atoms with van der Waals surface area (Å²) in [7, 11) is 0. The van der Waals surface area contributed by atoms with E-state index in [1.54, 1.807) is 0 Å². The molecule has 0 aromatic heterocycles. The molecule has 4 N–H and O–H groups in total. The van der Waals surface area contributed by atoms with Gasteiger partial charge in [-0.2, -0.15) is 0 Å². The van der Waals surface area contributed by atoms with Crippen LogP contribution in [0.2, 0.25) is 0 Å². The molecule has 1 aliphatic heterocycles. The van der Waals surface area contributed by atoms with Crippen LogP contribution in [-0.4, -0.2) is 5.91 Å². The van der Waals surface area contributed by atoms with Crippen LogP contribution < -0.4 is 16.4 Å². The van der Waals surface area contributed by atoms with Crippen LogP contribution in [0.15, 0.2) is 36.4 Å². The van der Waals surface area contributed by atoms with E-state index in [1.807, 2.05) is 24.3 Å². The molecule has 2 aromatic carbocycles. The smallest absolute Gasteiger partial charge is 0.228 e. The second-order valence-corrected chi connectivity index (χ2v) is 5.00. The topological polar surface area (TPSA) is 67.1 Å². The third kappa shape index (κ3) is 2.32. The Labute approximate surface area is 118 Å². The molecule has 0 bridgehead atoms. The number of nitrogen functional groups attached to an aromatic ring is 1. The summed E-state index contributed by atoms with van der Waals surface area (Å²) in [5.74, 6) is 0.0181. The number of carbonyl (C=O) groups excluding carboxylic acids is 1. The summed E-state index contributed by atoms with van der Waals surface area (Å²) in [6.45, 7) is 2.12. The molecule has 0 unspecified atom stereocenters. The van der Waals surface area contributed by atoms with E-state index in [0.29, 0.717) is 12.1 Å². The number of hydrogen-bond acceptors (Lipinski definition) is 3. The average Bonchev–Trinajstić information content (AvgIpc) is 2.78. The van der Waals surface area contributed by atoms with Crippen LogP contribution in [0.3, 0.4) is 0 Å². The summed E-state index contributed by atoms with van der Waals surface area (Å²) >= 11 is 0. The molecule has 0 radical (unpaired) electrons. The number of amides is 1. The molecule has 0 fully saturated rings. The van der Waals surface area contributed by atoms with Gasteiger partial charge in [-0.1, -0.05) is 19.1 Å². The number of benzene rings is 2. The zero-order chi connectivity index (χ0) is 14.1. The molecule has 20 heavy (non-hydrogen) atoms. The fourth-order valence-electron chi connectivity index (χ4n) is 2.43. The van der Waals surface area contributed by atoms with Crippen molar-refractivity contribution in [3.8, 4) is 0 Å². The molecule has 0 saturated carbocycles. The summed E-state index contributed by atoms with van der Waals surface area (Å²) in [4.78, 5) is 11.4. The van der Waals surface area contributed by atoms with Gasteiger partial charge in [0.15, 0.2) is 0 Å². The highest BCUT2D eigenvalue weighted by atomic mass is 16.1. The van der Waals surface area contributed by atoms with Gasteiger partial charge in [0, 0.05) is 11.4 Å². The Morgan fingerprint density at radius 1 is 1.30 bits per heavy atom. The van der Waals surface area contributed by atoms with Crippen molar-refractivity contribution in [3.63, 3.8) is 0 Å². The Kier molecular flexibility index (Phi) is 3.06. The summed E-state index contributed by atoms with van der Waals surface area (Å²) in [5.41, 5.74) is 11.6. The number of fused-ring (bicyclic) bond motifs is 1. The number of carbonyl (C=O) groups is 1. The lowest BCUT2D eigenvalue weighted by atomic mass is 10.1. The van der Waals surface area contributed by atoms with Crippen molar-refractivity contribution in [2.24, 2.45) is 0 Å². The van der Waals surface area contributed by atoms with E-state index in [9.17, 15) is 4.79 Å². The van der Waals surface area contributed by atoms with Gasteiger partial charge >= 0.3 is 0 Å². The second-order valence-electron chi connectivity index (χ2n) is 5.00. The molecular weight excluding hydrogens is 250 g/mol. The molecule has 0 saturated heterocycles. The highest BCUT2D eigenvalue weighted by molar-refractivity contribution is 6.01. The van der Waals surface area contributed by atoms with Gasteiger partial charge in [-0.3, -0.25) is 4.79 Å². The normalized spacial score (nSPS) is 12.9. The Balaban J connectivity index is 1.91. The van der Waals surface area contributed by atoms with Gasteiger partial charge in [-0.05, 0) is 41.8 Å². The zero-order valence-corrected chi connectivity index (χ0v) is 11.4. The predicted octanol–water partition coefficient (Wildman–Crippen LogP) is 3.07. The molecule has 4 nitrogen and oxygen atoms in total. The van der Waals surface area contributed by atoms with E-state index < -0.39 is 0 Å². The number of nitrogens with two attached hydrogens (primary N) is 1. The summed E-state index contributed by atoms with van der Waals surface area (Å²) in [5, 5.41) is 6.15. The summed E-state index contributed by atoms with van der Waals surface area (Å²) < 4.78 is 0. The van der Waals surface area contributed by atoms with Gasteiger partial charge < -0.3 is 16.4 Å². The molecule has 3 rings (SSSR count). The van der Waals surface area contributed by atoms with Crippen molar-refractivity contribution in [1.82, 2.24) is 0 Å². The van der Waals surface area contributed by atoms with Crippen molar-refractivity contribution in [3.05, 3.63) is 47.5 Å². The lowest BCUT2D eigenvalue weighted by Crippen LogP contribution is -2.03. The van der Waals surface area contributed by atoms with Gasteiger partial charge in [-0.25, -0.2) is 0 Å². The Morgan fingerprint density at radius 2 is 2.15 bits per heavy atom. The lowest BCUT2D eigenvalue weighted by molar-refractivity contribution is -0.115. The minimum atomic E-state index is 0.0181. The maximum atomic E-state index is 11.4. The number of hydrogen-bond donors (Lipinski definition) is 3. The molecule has 1 heterocycles. The lowest BCUT2D eigenvalue weighted by Gasteiger charge is -2.12. The van der Waals surface area contributed by atoms with Crippen LogP contribution in [0.25, 0.3) is 0 Å². The summed E-state index contributed by atoms with van der Waals surface area (Å²) in [6.07, 6.45) is 1.40. The van der Waals surface area contributed by atoms with E-state index in [1.165, 1.54) is 5.56 Å². The van der Waals surface area contributed by atoms with Crippen LogP contribution >= 0.6 is 0 Å². The molecule has 1 amide bonds. The average molecular weight is 267 g/mol. The van der Waals surface area contributed by atoms with Crippen LogP contribution in [0.4, 0.5) is 22.7 Å². The number of rotatable bonds is 3. The van der Waals surface area contributed by atoms with Crippen LogP contribution in [-0.2, 0) is 17.6 Å². The molecule has 0 aliphatic carbocycles. The Bertz CT molecular complexity index is 679. The molecule has 1 aliphatic rings. The minimum absolute atomic E-state index is 0.0181. The maximum Gasteiger partial charge on any atom is 0.228 e. The van der Waals surface area contributed by atoms with Crippen LogP contribution in [0.1, 0.15) is 18.1 Å². The molecule has 0 spiro atoms. The van der Waals surface area contributed by atoms with Gasteiger partial charge in [0.1, 0.15) is 0 Å². The predicted molar refractivity (Wildman–Crippen MR) is 82.3 cm³/mol. The van der Waals surface area contributed by atoms with E-state index in [0.717, 1.165) is 29.0 Å². The first-order chi connectivity index (χ1) is 9.65. The standard InChI is InChI=1S/C16H17N3O/c1-2-10-4-3-5-12(6-10)18-15-9-14-11(7-13(15)17)8-16(20)19-14/h3-7,9,18H,2,8,17H2,1H3,(H,19,20). The first-order valence-electron chi connectivity index (χ1n) is 6.74. The SMILES string of the molecule is CCc1cccc(Nc2cc3c(cc2N)CC(=O)N3)c1. The fourth-order valence-corrected chi connectivity index (χ4v) is 2.43. The number of nitrogens with one attached hydrogen (secondary N) is 2. The molecule has 102 valence electrons. The van der Waals surface area contributed by atoms with E-state index in [4.69, 9.17) is 5.73 Å². The highest BCUT2D eigenvalue weighted by Crippen LogP contribution is 2.33. The van der Waals surface area contributed by atoms with Crippen LogP contribution in [0.5, 0.6) is 0 Å². The van der Waals surface area contributed by atoms with Crippen molar-refractivity contribution in [2.45, 2.75) is 19.8 Å². The fraction of sp³-hybridized carbons (Fsp3) is 0.188. The van der Waals surface area contributed by atoms with E-state index >= 15 is 0 Å². The molecule has 2 aromatic rings. The maximum absolute atomic E-state index is 11.4. The summed E-state index contributed by atoms with van der Waals surface area (Å²) in [6, 6.07) is 12.0. The van der Waals surface area contributed by atoms with E-state index in [2.05, 4.69) is 29.7 Å². The monoisotopic (exact) mass is 267 g/mol. The third-order valence-electron chi connectivity index (χ3n) is 3.51. The minimum Gasteiger partial charge on any atom is -0.397 e. The first kappa shape index (κ1) is 12.5. The highest BCUT2D eigenvalue weighted by Gasteiger charge is 2.19. The zero-order valence-electron chi connectivity index (χ0n) is 11.4. The molecular formula is C16H17N3O. The van der Waals surface area contributed by atoms with Crippen molar-refractivity contribution in [1.29, 1.82) is 0 Å². The van der Waals surface area contributed by atoms with Gasteiger partial charge in [0.2, 0.25) is 5.91 Å². The molecule has 0 atom stereocenters. The molecule has 4 heteroatoms. The van der Waals surface area contributed by atoms with Gasteiger partial charge in [0.05, 0.1) is 17.8 Å². The van der Waals surface area contributed by atoms with Crippen molar-refractivity contribution < 1.29 is 4.79 Å². The quantitative estimate of drug-likeness (QED) is 0.749. The second kappa shape index (κ2) is 4.89. The number of aryl methyl sites for hydroxylation is 1. The van der Waals surface area contributed by atoms with Gasteiger partial charge in [0.25, 0.3) is 0 Å². The van der Waals surface area contributed by atoms with Crippen LogP contribution in [0, 0.1) is 0 Å². The Hall–Kier alpha value is -2.49. The van der Waals surface area contributed by atoms with E-state index in [-0.39, 0.29) is 5.91 Å². The van der Waals surface area contributed by atoms with Gasteiger partial charge in [-0.15, -0.1) is 0 Å². The first-order valence-corrected chi connectivity index (χ1v) is 6.74. The largest absolute Gasteiger partial charge is 0.397 e.